The van der Waals surface area contributed by atoms with Gasteiger partial charge >= 0.3 is 0 Å². The Morgan fingerprint density at radius 1 is 1.10 bits per heavy atom. The maximum Gasteiger partial charge on any atom is 0.223 e. The number of nitrogens with zero attached hydrogens (tertiary/aromatic N) is 5. The molecule has 30 heavy (non-hydrogen) atoms. The second-order valence-corrected chi connectivity index (χ2v) is 9.59. The summed E-state index contributed by atoms with van der Waals surface area (Å²) >= 11 is 0. The Morgan fingerprint density at radius 3 is 2.40 bits per heavy atom. The molecule has 0 bridgehead atoms. The first-order valence-electron chi connectivity index (χ1n) is 11.5. The van der Waals surface area contributed by atoms with Crippen LogP contribution >= 0.6 is 0 Å². The number of likely N-dealkylation sites (N-methyl/N-ethyl adjacent to an activating group) is 1. The average molecular weight is 414 g/mol. The summed E-state index contributed by atoms with van der Waals surface area (Å²) in [5.41, 5.74) is 0.973. The molecule has 2 saturated heterocycles. The average Bonchev–Trinajstić information content (AvgIpc) is 3.37. The van der Waals surface area contributed by atoms with Crippen LogP contribution in [0.5, 0.6) is 0 Å². The molecule has 0 spiro atoms. The van der Waals surface area contributed by atoms with Crippen molar-refractivity contribution in [2.45, 2.75) is 63.2 Å². The molecule has 1 aliphatic carbocycles. The predicted molar refractivity (Wildman–Crippen MR) is 116 cm³/mol. The fourth-order valence-corrected chi connectivity index (χ4v) is 5.13. The largest absolute Gasteiger partial charge is 0.363 e. The summed E-state index contributed by atoms with van der Waals surface area (Å²) < 4.78 is 0. The number of rotatable bonds is 5. The van der Waals surface area contributed by atoms with Crippen LogP contribution in [0, 0.1) is 5.92 Å². The number of hydrogen-bond acceptors (Lipinski definition) is 5. The fraction of sp³-hybridized carbons (Fsp3) is 0.739. The van der Waals surface area contributed by atoms with Crippen molar-refractivity contribution in [3.63, 3.8) is 0 Å². The predicted octanol–water partition coefficient (Wildman–Crippen LogP) is 2.77. The summed E-state index contributed by atoms with van der Waals surface area (Å²) in [6.07, 6.45) is 8.07. The number of carbonyl (C=O) groups is 2. The van der Waals surface area contributed by atoms with Crippen LogP contribution in [0.4, 0.5) is 5.82 Å². The molecule has 164 valence electrons. The molecule has 1 aromatic rings. The zero-order valence-corrected chi connectivity index (χ0v) is 18.6. The summed E-state index contributed by atoms with van der Waals surface area (Å²) in [5, 5.41) is 0. The van der Waals surface area contributed by atoms with Gasteiger partial charge in [-0.3, -0.25) is 9.59 Å². The summed E-state index contributed by atoms with van der Waals surface area (Å²) in [4.78, 5) is 40.3. The van der Waals surface area contributed by atoms with E-state index in [1.54, 1.807) is 4.90 Å². The number of anilines is 1. The normalized spacial score (nSPS) is 23.4. The highest BCUT2D eigenvalue weighted by Crippen LogP contribution is 2.33. The molecule has 1 unspecified atom stereocenters. The van der Waals surface area contributed by atoms with Crippen LogP contribution in [0.1, 0.15) is 74.7 Å². The molecule has 0 radical (unpaired) electrons. The molecule has 3 aliphatic rings. The molecule has 3 heterocycles. The van der Waals surface area contributed by atoms with Crippen molar-refractivity contribution in [3.05, 3.63) is 17.6 Å². The van der Waals surface area contributed by atoms with Gasteiger partial charge in [-0.15, -0.1) is 0 Å². The Kier molecular flexibility index (Phi) is 6.25. The van der Waals surface area contributed by atoms with Gasteiger partial charge in [0.1, 0.15) is 11.6 Å². The lowest BCUT2D eigenvalue weighted by Gasteiger charge is -2.32. The van der Waals surface area contributed by atoms with Gasteiger partial charge in [-0.2, -0.15) is 0 Å². The van der Waals surface area contributed by atoms with Crippen molar-refractivity contribution >= 4 is 17.6 Å². The third-order valence-electron chi connectivity index (χ3n) is 7.12. The Hall–Kier alpha value is -2.18. The van der Waals surface area contributed by atoms with Crippen LogP contribution in [0.3, 0.4) is 0 Å². The van der Waals surface area contributed by atoms with Crippen molar-refractivity contribution in [2.24, 2.45) is 5.92 Å². The van der Waals surface area contributed by atoms with Crippen molar-refractivity contribution in [1.29, 1.82) is 0 Å². The molecule has 1 aromatic heterocycles. The number of hydrogen-bond donors (Lipinski definition) is 0. The van der Waals surface area contributed by atoms with E-state index in [1.165, 1.54) is 25.7 Å². The standard InChI is InChI=1S/C23H35N5O2/c1-26(2)20-14-19(18-13-21(29)27(3)15-18)24-23(25-20)17-8-10-28(11-9-17)22(30)12-16-6-4-5-7-16/h14,16-18H,4-13,15H2,1-3H3. The van der Waals surface area contributed by atoms with Gasteiger partial charge in [0, 0.05) is 71.5 Å². The lowest BCUT2D eigenvalue weighted by Crippen LogP contribution is -2.39. The van der Waals surface area contributed by atoms with Gasteiger partial charge in [0.25, 0.3) is 0 Å². The molecule has 7 heteroatoms. The van der Waals surface area contributed by atoms with Gasteiger partial charge in [0.2, 0.25) is 11.8 Å². The van der Waals surface area contributed by atoms with E-state index in [4.69, 9.17) is 9.97 Å². The molecule has 7 nitrogen and oxygen atoms in total. The number of aromatic nitrogens is 2. The number of piperidine rings is 1. The molecule has 1 saturated carbocycles. The van der Waals surface area contributed by atoms with Crippen molar-refractivity contribution in [1.82, 2.24) is 19.8 Å². The Balaban J connectivity index is 1.43. The lowest BCUT2D eigenvalue weighted by molar-refractivity contribution is -0.133. The molecule has 0 aromatic carbocycles. The van der Waals surface area contributed by atoms with E-state index in [0.717, 1.165) is 56.2 Å². The monoisotopic (exact) mass is 413 g/mol. The van der Waals surface area contributed by atoms with Gasteiger partial charge < -0.3 is 14.7 Å². The van der Waals surface area contributed by atoms with E-state index in [1.807, 2.05) is 32.1 Å². The highest BCUT2D eigenvalue weighted by Gasteiger charge is 2.32. The minimum absolute atomic E-state index is 0.135. The second kappa shape index (κ2) is 8.90. The van der Waals surface area contributed by atoms with Crippen LogP contribution in [-0.2, 0) is 9.59 Å². The Labute approximate surface area is 179 Å². The Morgan fingerprint density at radius 2 is 1.80 bits per heavy atom. The zero-order valence-electron chi connectivity index (χ0n) is 18.6. The number of amides is 2. The highest BCUT2D eigenvalue weighted by atomic mass is 16.2. The quantitative estimate of drug-likeness (QED) is 0.742. The van der Waals surface area contributed by atoms with Crippen LogP contribution in [0.25, 0.3) is 0 Å². The zero-order chi connectivity index (χ0) is 21.3. The number of likely N-dealkylation sites (tertiary alicyclic amines) is 2. The first-order chi connectivity index (χ1) is 14.4. The molecule has 3 fully saturated rings. The maximum absolute atomic E-state index is 12.7. The molecular formula is C23H35N5O2. The van der Waals surface area contributed by atoms with Crippen molar-refractivity contribution in [3.8, 4) is 0 Å². The molecule has 2 amide bonds. The minimum Gasteiger partial charge on any atom is -0.363 e. The van der Waals surface area contributed by atoms with E-state index >= 15 is 0 Å². The Bertz CT molecular complexity index is 782. The van der Waals surface area contributed by atoms with E-state index in [2.05, 4.69) is 4.90 Å². The second-order valence-electron chi connectivity index (χ2n) is 9.59. The molecule has 1 atom stereocenters. The van der Waals surface area contributed by atoms with Gasteiger partial charge in [0.05, 0.1) is 5.69 Å². The number of carbonyl (C=O) groups excluding carboxylic acids is 2. The molecule has 2 aliphatic heterocycles. The molecular weight excluding hydrogens is 378 g/mol. The van der Waals surface area contributed by atoms with Gasteiger partial charge in [-0.25, -0.2) is 9.97 Å². The third kappa shape index (κ3) is 4.60. The van der Waals surface area contributed by atoms with Crippen LogP contribution in [0.15, 0.2) is 6.07 Å². The SMILES string of the molecule is CN1CC(c2cc(N(C)C)nc(C3CCN(C(=O)CC4CCCC4)CC3)n2)CC1=O. The van der Waals surface area contributed by atoms with Gasteiger partial charge in [-0.1, -0.05) is 12.8 Å². The van der Waals surface area contributed by atoms with E-state index < -0.39 is 0 Å². The first-order valence-corrected chi connectivity index (χ1v) is 11.5. The van der Waals surface area contributed by atoms with Gasteiger partial charge in [0.15, 0.2) is 0 Å². The minimum atomic E-state index is 0.135. The molecule has 4 rings (SSSR count). The van der Waals surface area contributed by atoms with E-state index in [-0.39, 0.29) is 17.7 Å². The summed E-state index contributed by atoms with van der Waals surface area (Å²) in [6.45, 7) is 2.31. The fourth-order valence-electron chi connectivity index (χ4n) is 5.13. The highest BCUT2D eigenvalue weighted by molar-refractivity contribution is 5.79. The summed E-state index contributed by atoms with van der Waals surface area (Å²) in [6, 6.07) is 2.03. The van der Waals surface area contributed by atoms with Crippen molar-refractivity contribution in [2.75, 3.05) is 45.7 Å². The third-order valence-corrected chi connectivity index (χ3v) is 7.12. The molecule has 0 N–H and O–H groups in total. The van der Waals surface area contributed by atoms with E-state index in [9.17, 15) is 9.59 Å². The maximum atomic E-state index is 12.7. The first kappa shape index (κ1) is 21.1. The topological polar surface area (TPSA) is 69.6 Å². The summed E-state index contributed by atoms with van der Waals surface area (Å²) in [5.74, 6) is 3.30. The van der Waals surface area contributed by atoms with Crippen molar-refractivity contribution < 1.29 is 9.59 Å². The van der Waals surface area contributed by atoms with Crippen LogP contribution < -0.4 is 4.90 Å². The van der Waals surface area contributed by atoms with E-state index in [0.29, 0.717) is 18.2 Å². The summed E-state index contributed by atoms with van der Waals surface area (Å²) in [7, 11) is 5.84. The van der Waals surface area contributed by atoms with Crippen LogP contribution in [-0.4, -0.2) is 72.4 Å². The lowest BCUT2D eigenvalue weighted by atomic mass is 9.94. The van der Waals surface area contributed by atoms with Gasteiger partial charge in [-0.05, 0) is 31.6 Å². The van der Waals surface area contributed by atoms with Crippen LogP contribution in [0.2, 0.25) is 0 Å². The smallest absolute Gasteiger partial charge is 0.223 e.